The van der Waals surface area contributed by atoms with Crippen molar-refractivity contribution in [3.05, 3.63) is 0 Å². The van der Waals surface area contributed by atoms with Crippen LogP contribution in [0.2, 0.25) is 0 Å². The van der Waals surface area contributed by atoms with Gasteiger partial charge in [-0.3, -0.25) is 4.99 Å². The number of rotatable bonds is 2. The van der Waals surface area contributed by atoms with Gasteiger partial charge in [0.15, 0.2) is 5.96 Å². The van der Waals surface area contributed by atoms with Crippen molar-refractivity contribution < 1.29 is 13.2 Å². The number of guanidine groups is 1. The molecular formula is C7H12F3N3. The predicted octanol–water partition coefficient (Wildman–Crippen LogP) is 1.01. The molecule has 76 valence electrons. The van der Waals surface area contributed by atoms with Crippen molar-refractivity contribution >= 4 is 5.96 Å². The number of aliphatic imine (C=N–C) groups is 1. The molecule has 0 unspecified atom stereocenters. The Balaban J connectivity index is 2.59. The first-order valence-electron chi connectivity index (χ1n) is 4.06. The van der Waals surface area contributed by atoms with E-state index in [4.69, 9.17) is 5.73 Å². The van der Waals surface area contributed by atoms with Crippen molar-refractivity contribution in [3.63, 3.8) is 0 Å². The van der Waals surface area contributed by atoms with Gasteiger partial charge >= 0.3 is 6.18 Å². The molecule has 0 atom stereocenters. The normalized spacial score (nSPS) is 21.4. The lowest BCUT2D eigenvalue weighted by atomic mass is 10.3. The highest BCUT2D eigenvalue weighted by Gasteiger charge is 2.63. The van der Waals surface area contributed by atoms with Crippen LogP contribution >= 0.6 is 0 Å². The van der Waals surface area contributed by atoms with Gasteiger partial charge in [-0.05, 0) is 19.8 Å². The summed E-state index contributed by atoms with van der Waals surface area (Å²) in [6.07, 6.45) is -4.08. The van der Waals surface area contributed by atoms with Crippen LogP contribution in [0.15, 0.2) is 4.99 Å². The van der Waals surface area contributed by atoms with Crippen molar-refractivity contribution in [2.45, 2.75) is 31.5 Å². The molecule has 0 bridgehead atoms. The topological polar surface area (TPSA) is 50.4 Å². The molecule has 3 N–H and O–H groups in total. The number of nitrogens with one attached hydrogen (secondary N) is 1. The third-order valence-electron chi connectivity index (χ3n) is 1.99. The Bertz CT molecular complexity index is 218. The molecule has 0 heterocycles. The van der Waals surface area contributed by atoms with Crippen LogP contribution in [0.5, 0.6) is 0 Å². The third-order valence-corrected chi connectivity index (χ3v) is 1.99. The molecule has 6 heteroatoms. The number of nitrogens with two attached hydrogens (primary N) is 1. The quantitative estimate of drug-likeness (QED) is 0.510. The Labute approximate surface area is 74.2 Å². The molecule has 0 aromatic heterocycles. The Morgan fingerprint density at radius 3 is 2.38 bits per heavy atom. The van der Waals surface area contributed by atoms with Crippen molar-refractivity contribution in [2.24, 2.45) is 10.7 Å². The van der Waals surface area contributed by atoms with Crippen LogP contribution in [-0.4, -0.2) is 24.2 Å². The molecule has 1 fully saturated rings. The maximum absolute atomic E-state index is 12.3. The predicted molar refractivity (Wildman–Crippen MR) is 43.3 cm³/mol. The zero-order chi connectivity index (χ0) is 10.1. The number of halogens is 3. The molecule has 1 aliphatic rings. The summed E-state index contributed by atoms with van der Waals surface area (Å²) in [6, 6.07) is 0. The highest BCUT2D eigenvalue weighted by Crippen LogP contribution is 2.48. The SMILES string of the molecule is CCN=C(N)NC1(C(F)(F)F)CC1. The van der Waals surface area contributed by atoms with E-state index >= 15 is 0 Å². The smallest absolute Gasteiger partial charge is 0.370 e. The van der Waals surface area contributed by atoms with E-state index in [9.17, 15) is 13.2 Å². The highest BCUT2D eigenvalue weighted by molar-refractivity contribution is 5.79. The molecule has 1 rings (SSSR count). The number of nitrogens with zero attached hydrogens (tertiary/aromatic N) is 1. The summed E-state index contributed by atoms with van der Waals surface area (Å²) in [5, 5.41) is 2.21. The second-order valence-electron chi connectivity index (χ2n) is 3.06. The van der Waals surface area contributed by atoms with Gasteiger partial charge < -0.3 is 11.1 Å². The van der Waals surface area contributed by atoms with Crippen molar-refractivity contribution in [3.8, 4) is 0 Å². The number of alkyl halides is 3. The molecule has 0 radical (unpaired) electrons. The first-order valence-corrected chi connectivity index (χ1v) is 4.06. The molecule has 0 aliphatic heterocycles. The lowest BCUT2D eigenvalue weighted by molar-refractivity contribution is -0.161. The lowest BCUT2D eigenvalue weighted by Gasteiger charge is -2.20. The highest BCUT2D eigenvalue weighted by atomic mass is 19.4. The molecule has 0 amide bonds. The zero-order valence-corrected chi connectivity index (χ0v) is 7.28. The summed E-state index contributed by atoms with van der Waals surface area (Å²) < 4.78 is 37.0. The fraction of sp³-hybridized carbons (Fsp3) is 0.857. The fourth-order valence-electron chi connectivity index (χ4n) is 1.06. The maximum Gasteiger partial charge on any atom is 0.411 e. The molecule has 1 saturated carbocycles. The van der Waals surface area contributed by atoms with Crippen molar-refractivity contribution in [2.75, 3.05) is 6.54 Å². The summed E-state index contributed by atoms with van der Waals surface area (Å²) in [4.78, 5) is 3.65. The molecular weight excluding hydrogens is 183 g/mol. The minimum atomic E-state index is -4.24. The maximum atomic E-state index is 12.3. The van der Waals surface area contributed by atoms with Gasteiger partial charge in [0.1, 0.15) is 5.54 Å². The van der Waals surface area contributed by atoms with Gasteiger partial charge in [-0.2, -0.15) is 13.2 Å². The fourth-order valence-corrected chi connectivity index (χ4v) is 1.06. The first kappa shape index (κ1) is 10.1. The van der Waals surface area contributed by atoms with Gasteiger partial charge in [-0.25, -0.2) is 0 Å². The largest absolute Gasteiger partial charge is 0.411 e. The monoisotopic (exact) mass is 195 g/mol. The summed E-state index contributed by atoms with van der Waals surface area (Å²) in [6.45, 7) is 2.09. The van der Waals surface area contributed by atoms with E-state index in [1.165, 1.54) is 0 Å². The van der Waals surface area contributed by atoms with E-state index in [1.807, 2.05) is 0 Å². The van der Waals surface area contributed by atoms with E-state index in [0.717, 1.165) is 0 Å². The molecule has 0 aromatic rings. The Morgan fingerprint density at radius 2 is 2.08 bits per heavy atom. The lowest BCUT2D eigenvalue weighted by Crippen LogP contribution is -2.50. The molecule has 3 nitrogen and oxygen atoms in total. The van der Waals surface area contributed by atoms with Gasteiger partial charge in [0.25, 0.3) is 0 Å². The van der Waals surface area contributed by atoms with Crippen LogP contribution < -0.4 is 11.1 Å². The van der Waals surface area contributed by atoms with Gasteiger partial charge in [-0.15, -0.1) is 0 Å². The minimum Gasteiger partial charge on any atom is -0.370 e. The van der Waals surface area contributed by atoms with Crippen LogP contribution in [0.1, 0.15) is 19.8 Å². The van der Waals surface area contributed by atoms with Gasteiger partial charge in [0, 0.05) is 6.54 Å². The molecule has 0 aromatic carbocycles. The van der Waals surface area contributed by atoms with Crippen molar-refractivity contribution in [1.29, 1.82) is 0 Å². The van der Waals surface area contributed by atoms with Gasteiger partial charge in [-0.1, -0.05) is 0 Å². The van der Waals surface area contributed by atoms with E-state index < -0.39 is 11.7 Å². The Hall–Kier alpha value is -0.940. The summed E-state index contributed by atoms with van der Waals surface area (Å²) in [5.41, 5.74) is 3.45. The second kappa shape index (κ2) is 3.08. The van der Waals surface area contributed by atoms with Crippen LogP contribution in [0.3, 0.4) is 0 Å². The van der Waals surface area contributed by atoms with E-state index in [-0.39, 0.29) is 18.8 Å². The average Bonchev–Trinajstić information content (AvgIpc) is 2.67. The summed E-state index contributed by atoms with van der Waals surface area (Å²) in [7, 11) is 0. The zero-order valence-electron chi connectivity index (χ0n) is 7.28. The molecule has 0 spiro atoms. The van der Waals surface area contributed by atoms with Crippen LogP contribution in [0.25, 0.3) is 0 Å². The van der Waals surface area contributed by atoms with E-state index in [1.54, 1.807) is 6.92 Å². The number of hydrogen-bond acceptors (Lipinski definition) is 1. The Morgan fingerprint density at radius 1 is 1.54 bits per heavy atom. The molecule has 13 heavy (non-hydrogen) atoms. The molecule has 1 aliphatic carbocycles. The van der Waals surface area contributed by atoms with E-state index in [0.29, 0.717) is 6.54 Å². The van der Waals surface area contributed by atoms with Crippen LogP contribution in [0.4, 0.5) is 13.2 Å². The molecule has 0 saturated heterocycles. The summed E-state index contributed by atoms with van der Waals surface area (Å²) in [5.74, 6) is -0.127. The van der Waals surface area contributed by atoms with Gasteiger partial charge in [0.2, 0.25) is 0 Å². The third kappa shape index (κ3) is 2.05. The van der Waals surface area contributed by atoms with Crippen molar-refractivity contribution in [1.82, 2.24) is 5.32 Å². The first-order chi connectivity index (χ1) is 5.91. The van der Waals surface area contributed by atoms with Gasteiger partial charge in [0.05, 0.1) is 0 Å². The Kier molecular flexibility index (Phi) is 2.40. The van der Waals surface area contributed by atoms with Crippen LogP contribution in [-0.2, 0) is 0 Å². The van der Waals surface area contributed by atoms with E-state index in [2.05, 4.69) is 10.3 Å². The average molecular weight is 195 g/mol. The number of hydrogen-bond donors (Lipinski definition) is 2. The van der Waals surface area contributed by atoms with Crippen LogP contribution in [0, 0.1) is 0 Å². The minimum absolute atomic E-state index is 0.0798. The standard InChI is InChI=1S/C7H12F3N3/c1-2-12-5(11)13-6(3-4-6)7(8,9)10/h2-4H2,1H3,(H3,11,12,13). The second-order valence-corrected chi connectivity index (χ2v) is 3.06. The summed E-state index contributed by atoms with van der Waals surface area (Å²) >= 11 is 0.